The minimum absolute atomic E-state index is 0.114. The number of benzene rings is 1. The average Bonchev–Trinajstić information content (AvgIpc) is 2.25. The number of aliphatic carboxylic acids is 1. The standard InChI is InChI=1S/C12H14BrNO4/c1-7-5-9(13)3-4-11(7)18-6-10(12(16)17)14-8(2)15/h3-5,10H,6H2,1-2H3,(H,14,15)(H,16,17). The Morgan fingerprint density at radius 2 is 2.17 bits per heavy atom. The van der Waals surface area contributed by atoms with Crippen LogP contribution in [0, 0.1) is 6.92 Å². The second-order valence-electron chi connectivity index (χ2n) is 3.81. The van der Waals surface area contributed by atoms with E-state index in [1.165, 1.54) is 6.92 Å². The lowest BCUT2D eigenvalue weighted by Gasteiger charge is -2.15. The van der Waals surface area contributed by atoms with Gasteiger partial charge < -0.3 is 15.2 Å². The van der Waals surface area contributed by atoms with Gasteiger partial charge in [-0.3, -0.25) is 4.79 Å². The monoisotopic (exact) mass is 315 g/mol. The molecule has 2 N–H and O–H groups in total. The Morgan fingerprint density at radius 1 is 1.50 bits per heavy atom. The van der Waals surface area contributed by atoms with Crippen LogP contribution in [-0.2, 0) is 9.59 Å². The highest BCUT2D eigenvalue weighted by Crippen LogP contribution is 2.22. The topological polar surface area (TPSA) is 75.6 Å². The van der Waals surface area contributed by atoms with Crippen molar-refractivity contribution in [1.82, 2.24) is 5.32 Å². The van der Waals surface area contributed by atoms with E-state index < -0.39 is 17.9 Å². The SMILES string of the molecule is CC(=O)NC(COc1ccc(Br)cc1C)C(=O)O. The molecule has 0 aliphatic rings. The summed E-state index contributed by atoms with van der Waals surface area (Å²) >= 11 is 3.33. The Bertz CT molecular complexity index is 461. The minimum Gasteiger partial charge on any atom is -0.491 e. The van der Waals surface area contributed by atoms with Gasteiger partial charge in [0.1, 0.15) is 12.4 Å². The number of hydrogen-bond acceptors (Lipinski definition) is 3. The van der Waals surface area contributed by atoms with Crippen LogP contribution in [0.3, 0.4) is 0 Å². The van der Waals surface area contributed by atoms with Gasteiger partial charge in [0.15, 0.2) is 6.04 Å². The number of hydrogen-bond donors (Lipinski definition) is 2. The first-order valence-electron chi connectivity index (χ1n) is 5.29. The van der Waals surface area contributed by atoms with Gasteiger partial charge in [-0.1, -0.05) is 15.9 Å². The van der Waals surface area contributed by atoms with Crippen LogP contribution in [0.4, 0.5) is 0 Å². The molecule has 0 spiro atoms. The first-order chi connectivity index (χ1) is 8.40. The Balaban J connectivity index is 2.66. The van der Waals surface area contributed by atoms with Crippen molar-refractivity contribution in [3.05, 3.63) is 28.2 Å². The van der Waals surface area contributed by atoms with Crippen LogP contribution in [0.25, 0.3) is 0 Å². The third kappa shape index (κ3) is 4.37. The highest BCUT2D eigenvalue weighted by atomic mass is 79.9. The predicted molar refractivity (Wildman–Crippen MR) is 69.6 cm³/mol. The minimum atomic E-state index is -1.13. The lowest BCUT2D eigenvalue weighted by molar-refractivity contribution is -0.142. The largest absolute Gasteiger partial charge is 0.491 e. The maximum absolute atomic E-state index is 10.9. The van der Waals surface area contributed by atoms with Gasteiger partial charge >= 0.3 is 5.97 Å². The van der Waals surface area contributed by atoms with E-state index in [0.29, 0.717) is 5.75 Å². The van der Waals surface area contributed by atoms with Crippen LogP contribution < -0.4 is 10.1 Å². The van der Waals surface area contributed by atoms with Gasteiger partial charge in [0, 0.05) is 11.4 Å². The van der Waals surface area contributed by atoms with Gasteiger partial charge in [0.25, 0.3) is 0 Å². The van der Waals surface area contributed by atoms with E-state index >= 15 is 0 Å². The van der Waals surface area contributed by atoms with Crippen molar-refractivity contribution < 1.29 is 19.4 Å². The molecular formula is C12H14BrNO4. The van der Waals surface area contributed by atoms with E-state index in [4.69, 9.17) is 9.84 Å². The summed E-state index contributed by atoms with van der Waals surface area (Å²) in [7, 11) is 0. The third-order valence-electron chi connectivity index (χ3n) is 2.22. The summed E-state index contributed by atoms with van der Waals surface area (Å²) in [6, 6.07) is 4.36. The molecule has 5 nitrogen and oxygen atoms in total. The molecule has 0 bridgehead atoms. The summed E-state index contributed by atoms with van der Waals surface area (Å²) in [4.78, 5) is 21.7. The summed E-state index contributed by atoms with van der Waals surface area (Å²) in [6.07, 6.45) is 0. The van der Waals surface area contributed by atoms with Crippen LogP contribution in [0.5, 0.6) is 5.75 Å². The normalized spacial score (nSPS) is 11.7. The van der Waals surface area contributed by atoms with Gasteiger partial charge in [-0.2, -0.15) is 0 Å². The van der Waals surface area contributed by atoms with Crippen LogP contribution >= 0.6 is 15.9 Å². The first-order valence-corrected chi connectivity index (χ1v) is 6.08. The maximum atomic E-state index is 10.9. The molecule has 1 rings (SSSR count). The quantitative estimate of drug-likeness (QED) is 0.867. The Hall–Kier alpha value is -1.56. The van der Waals surface area contributed by atoms with Gasteiger partial charge in [-0.05, 0) is 30.7 Å². The Kier molecular flexibility index (Phi) is 5.15. The van der Waals surface area contributed by atoms with E-state index in [9.17, 15) is 9.59 Å². The van der Waals surface area contributed by atoms with Crippen molar-refractivity contribution in [3.63, 3.8) is 0 Å². The number of amides is 1. The zero-order valence-corrected chi connectivity index (χ0v) is 11.7. The van der Waals surface area contributed by atoms with E-state index in [0.717, 1.165) is 10.0 Å². The average molecular weight is 316 g/mol. The van der Waals surface area contributed by atoms with E-state index in [1.54, 1.807) is 12.1 Å². The number of rotatable bonds is 5. The van der Waals surface area contributed by atoms with Crippen LogP contribution in [0.2, 0.25) is 0 Å². The predicted octanol–water partition coefficient (Wildman–Crippen LogP) is 1.73. The molecule has 0 saturated heterocycles. The van der Waals surface area contributed by atoms with E-state index in [2.05, 4.69) is 21.2 Å². The van der Waals surface area contributed by atoms with Gasteiger partial charge in [0.05, 0.1) is 0 Å². The van der Waals surface area contributed by atoms with Crippen molar-refractivity contribution in [2.24, 2.45) is 0 Å². The molecule has 1 aromatic carbocycles. The van der Waals surface area contributed by atoms with Crippen molar-refractivity contribution >= 4 is 27.8 Å². The molecule has 0 heterocycles. The molecule has 1 aromatic rings. The second-order valence-corrected chi connectivity index (χ2v) is 4.73. The highest BCUT2D eigenvalue weighted by molar-refractivity contribution is 9.10. The number of nitrogens with one attached hydrogen (secondary N) is 1. The van der Waals surface area contributed by atoms with Crippen molar-refractivity contribution in [3.8, 4) is 5.75 Å². The molecular weight excluding hydrogens is 302 g/mol. The van der Waals surface area contributed by atoms with E-state index in [-0.39, 0.29) is 6.61 Å². The number of carboxylic acid groups (broad SMARTS) is 1. The number of halogens is 1. The number of carbonyl (C=O) groups is 2. The molecule has 1 unspecified atom stereocenters. The Labute approximate surface area is 113 Å². The number of aryl methyl sites for hydroxylation is 1. The zero-order valence-electron chi connectivity index (χ0n) is 10.1. The smallest absolute Gasteiger partial charge is 0.329 e. The number of carbonyl (C=O) groups excluding carboxylic acids is 1. The molecule has 0 fully saturated rings. The molecule has 0 aliphatic heterocycles. The van der Waals surface area contributed by atoms with Crippen LogP contribution in [-0.4, -0.2) is 29.6 Å². The van der Waals surface area contributed by atoms with Gasteiger partial charge in [-0.15, -0.1) is 0 Å². The van der Waals surface area contributed by atoms with Crippen LogP contribution in [0.15, 0.2) is 22.7 Å². The molecule has 98 valence electrons. The molecule has 0 aromatic heterocycles. The molecule has 0 saturated carbocycles. The molecule has 1 amide bonds. The molecule has 0 radical (unpaired) electrons. The first kappa shape index (κ1) is 14.5. The molecule has 0 aliphatic carbocycles. The van der Waals surface area contributed by atoms with Gasteiger partial charge in [-0.25, -0.2) is 4.79 Å². The maximum Gasteiger partial charge on any atom is 0.329 e. The van der Waals surface area contributed by atoms with Gasteiger partial charge in [0.2, 0.25) is 5.91 Å². The van der Waals surface area contributed by atoms with Crippen LogP contribution in [0.1, 0.15) is 12.5 Å². The Morgan fingerprint density at radius 3 is 2.67 bits per heavy atom. The number of carboxylic acids is 1. The highest BCUT2D eigenvalue weighted by Gasteiger charge is 2.19. The fourth-order valence-corrected chi connectivity index (χ4v) is 1.84. The summed E-state index contributed by atoms with van der Waals surface area (Å²) in [5, 5.41) is 11.2. The fraction of sp³-hybridized carbons (Fsp3) is 0.333. The summed E-state index contributed by atoms with van der Waals surface area (Å²) in [6.45, 7) is 3.01. The van der Waals surface area contributed by atoms with Crippen molar-refractivity contribution in [2.45, 2.75) is 19.9 Å². The lowest BCUT2D eigenvalue weighted by atomic mass is 10.2. The van der Waals surface area contributed by atoms with E-state index in [1.807, 2.05) is 13.0 Å². The number of ether oxygens (including phenoxy) is 1. The fourth-order valence-electron chi connectivity index (χ4n) is 1.37. The van der Waals surface area contributed by atoms with Crippen molar-refractivity contribution in [1.29, 1.82) is 0 Å². The summed E-state index contributed by atoms with van der Waals surface area (Å²) < 4.78 is 6.32. The zero-order chi connectivity index (χ0) is 13.7. The lowest BCUT2D eigenvalue weighted by Crippen LogP contribution is -2.43. The second kappa shape index (κ2) is 6.39. The molecule has 18 heavy (non-hydrogen) atoms. The third-order valence-corrected chi connectivity index (χ3v) is 2.71. The summed E-state index contributed by atoms with van der Waals surface area (Å²) in [5.41, 5.74) is 0.885. The molecule has 6 heteroatoms. The molecule has 1 atom stereocenters. The van der Waals surface area contributed by atoms with Crippen molar-refractivity contribution in [2.75, 3.05) is 6.61 Å². The summed E-state index contributed by atoms with van der Waals surface area (Å²) in [5.74, 6) is -0.937.